The first-order chi connectivity index (χ1) is 10.0. The van der Waals surface area contributed by atoms with Crippen molar-refractivity contribution in [2.45, 2.75) is 12.8 Å². The third kappa shape index (κ3) is 27.8. The van der Waals surface area contributed by atoms with Crippen molar-refractivity contribution in [1.82, 2.24) is 16.0 Å². The molecule has 0 fully saturated rings. The van der Waals surface area contributed by atoms with Crippen LogP contribution in [0.25, 0.3) is 0 Å². The maximum Gasteiger partial charge on any atom is 0.303 e. The van der Waals surface area contributed by atoms with E-state index in [0.29, 0.717) is 13.1 Å². The van der Waals surface area contributed by atoms with Crippen LogP contribution >= 0.6 is 0 Å². The summed E-state index contributed by atoms with van der Waals surface area (Å²) >= 11 is 0. The molecule has 0 atom stereocenters. The summed E-state index contributed by atoms with van der Waals surface area (Å²) in [7, 11) is 0. The molecule has 0 radical (unpaired) electrons. The van der Waals surface area contributed by atoms with Crippen LogP contribution in [0.2, 0.25) is 0 Å². The van der Waals surface area contributed by atoms with Crippen LogP contribution in [0.5, 0.6) is 0 Å². The fourth-order valence-corrected chi connectivity index (χ4v) is 1.15. The summed E-state index contributed by atoms with van der Waals surface area (Å²) in [5.74, 6) is -2.15. The highest BCUT2D eigenvalue weighted by molar-refractivity contribution is 5.75. The maximum atomic E-state index is 9.64. The van der Waals surface area contributed by atoms with E-state index >= 15 is 0 Å². The van der Waals surface area contributed by atoms with Gasteiger partial charge in [0, 0.05) is 52.4 Å². The molecule has 0 saturated heterocycles. The van der Waals surface area contributed by atoms with Crippen molar-refractivity contribution in [3.8, 4) is 0 Å². The Morgan fingerprint density at radius 2 is 0.952 bits per heavy atom. The lowest BCUT2D eigenvalue weighted by Gasteiger charge is -2.06. The number of nitrogens with one attached hydrogen (secondary N) is 3. The second kappa shape index (κ2) is 18.7. The number of carbonyl (C=O) groups is 2. The van der Waals surface area contributed by atoms with Crippen LogP contribution in [0, 0.1) is 0 Å². The molecule has 0 bridgehead atoms. The molecule has 0 aliphatic heterocycles. The van der Waals surface area contributed by atoms with E-state index in [1.54, 1.807) is 0 Å². The Kier molecular flexibility index (Phi) is 19.7. The summed E-state index contributed by atoms with van der Waals surface area (Å²) < 4.78 is 0. The number of hydrogen-bond donors (Lipinski definition) is 7. The van der Waals surface area contributed by atoms with Crippen molar-refractivity contribution in [2.24, 2.45) is 11.5 Å². The highest BCUT2D eigenvalue weighted by Crippen LogP contribution is 1.86. The molecule has 0 heterocycles. The zero-order chi connectivity index (χ0) is 16.3. The van der Waals surface area contributed by atoms with Crippen LogP contribution in [0.4, 0.5) is 0 Å². The first kappa shape index (κ1) is 22.0. The van der Waals surface area contributed by atoms with Crippen LogP contribution in [-0.2, 0) is 9.59 Å². The molecule has 0 amide bonds. The average Bonchev–Trinajstić information content (AvgIpc) is 2.44. The minimum Gasteiger partial charge on any atom is -0.481 e. The molecule has 0 aliphatic carbocycles. The molecule has 9 N–H and O–H groups in total. The molecule has 0 aromatic carbocycles. The van der Waals surface area contributed by atoms with E-state index in [0.717, 1.165) is 39.3 Å². The van der Waals surface area contributed by atoms with E-state index in [9.17, 15) is 9.59 Å². The predicted molar refractivity (Wildman–Crippen MR) is 81.2 cm³/mol. The standard InChI is InChI=1S/C8H23N5.C4H6O4/c9-1-3-11-5-7-13-8-6-12-4-2-10;5-3(6)1-2-4(7)8/h11-13H,1-10H2;1-2H2,(H,5,6)(H,7,8). The van der Waals surface area contributed by atoms with Gasteiger partial charge in [-0.3, -0.25) is 9.59 Å². The minimum atomic E-state index is -1.08. The first-order valence-corrected chi connectivity index (χ1v) is 7.00. The minimum absolute atomic E-state index is 0.296. The number of carboxylic acids is 2. The zero-order valence-electron chi connectivity index (χ0n) is 12.4. The van der Waals surface area contributed by atoms with Gasteiger partial charge in [0.05, 0.1) is 12.8 Å². The van der Waals surface area contributed by atoms with E-state index in [-0.39, 0.29) is 12.8 Å². The van der Waals surface area contributed by atoms with Crippen molar-refractivity contribution in [3.63, 3.8) is 0 Å². The molecule has 0 rings (SSSR count). The van der Waals surface area contributed by atoms with E-state index in [4.69, 9.17) is 21.7 Å². The van der Waals surface area contributed by atoms with Crippen molar-refractivity contribution >= 4 is 11.9 Å². The number of rotatable bonds is 13. The van der Waals surface area contributed by atoms with Gasteiger partial charge < -0.3 is 37.6 Å². The highest BCUT2D eigenvalue weighted by Gasteiger charge is 2.00. The van der Waals surface area contributed by atoms with Crippen LogP contribution in [0.3, 0.4) is 0 Å². The molecule has 0 spiro atoms. The molecule has 0 aromatic rings. The molecule has 9 nitrogen and oxygen atoms in total. The summed E-state index contributed by atoms with van der Waals surface area (Å²) in [6, 6.07) is 0. The van der Waals surface area contributed by atoms with Crippen LogP contribution in [-0.4, -0.2) is 74.5 Å². The maximum absolute atomic E-state index is 9.64. The topological polar surface area (TPSA) is 163 Å². The number of aliphatic carboxylic acids is 2. The smallest absolute Gasteiger partial charge is 0.303 e. The molecule has 21 heavy (non-hydrogen) atoms. The van der Waals surface area contributed by atoms with Gasteiger partial charge in [-0.15, -0.1) is 0 Å². The number of carboxylic acid groups (broad SMARTS) is 2. The summed E-state index contributed by atoms with van der Waals surface area (Å²) in [4.78, 5) is 19.3. The van der Waals surface area contributed by atoms with Crippen molar-refractivity contribution in [3.05, 3.63) is 0 Å². The van der Waals surface area contributed by atoms with Gasteiger partial charge in [0.1, 0.15) is 0 Å². The van der Waals surface area contributed by atoms with Crippen molar-refractivity contribution in [1.29, 1.82) is 0 Å². The zero-order valence-corrected chi connectivity index (χ0v) is 12.4. The lowest BCUT2D eigenvalue weighted by atomic mass is 10.3. The Labute approximate surface area is 125 Å². The van der Waals surface area contributed by atoms with Gasteiger partial charge in [0.15, 0.2) is 0 Å². The Balaban J connectivity index is 0. The van der Waals surface area contributed by atoms with Crippen molar-refractivity contribution < 1.29 is 19.8 Å². The Morgan fingerprint density at radius 1 is 0.667 bits per heavy atom. The summed E-state index contributed by atoms with van der Waals surface area (Å²) in [6.07, 6.45) is -0.593. The normalized spacial score (nSPS) is 9.81. The van der Waals surface area contributed by atoms with Gasteiger partial charge in [-0.2, -0.15) is 0 Å². The molecule has 0 aliphatic rings. The Morgan fingerprint density at radius 3 is 1.19 bits per heavy atom. The van der Waals surface area contributed by atoms with Crippen molar-refractivity contribution in [2.75, 3.05) is 52.4 Å². The van der Waals surface area contributed by atoms with Gasteiger partial charge in [-0.1, -0.05) is 0 Å². The largest absolute Gasteiger partial charge is 0.481 e. The Hall–Kier alpha value is -1.26. The molecule has 126 valence electrons. The lowest BCUT2D eigenvalue weighted by molar-refractivity contribution is -0.143. The van der Waals surface area contributed by atoms with Crippen LogP contribution in [0.1, 0.15) is 12.8 Å². The second-order valence-corrected chi connectivity index (χ2v) is 4.11. The molecular formula is C12H29N5O4. The molecule has 0 aromatic heterocycles. The average molecular weight is 307 g/mol. The molecular weight excluding hydrogens is 278 g/mol. The number of hydrogen-bond acceptors (Lipinski definition) is 7. The van der Waals surface area contributed by atoms with Crippen LogP contribution < -0.4 is 27.4 Å². The van der Waals surface area contributed by atoms with Gasteiger partial charge in [-0.05, 0) is 0 Å². The Bertz CT molecular complexity index is 230. The molecule has 0 saturated carbocycles. The number of nitrogens with two attached hydrogens (primary N) is 2. The SMILES string of the molecule is NCCNCCNCCNCCN.O=C(O)CCC(=O)O. The van der Waals surface area contributed by atoms with Gasteiger partial charge in [0.2, 0.25) is 0 Å². The van der Waals surface area contributed by atoms with Gasteiger partial charge >= 0.3 is 11.9 Å². The van der Waals surface area contributed by atoms with E-state index in [2.05, 4.69) is 16.0 Å². The fraction of sp³-hybridized carbons (Fsp3) is 0.833. The van der Waals surface area contributed by atoms with Gasteiger partial charge in [-0.25, -0.2) is 0 Å². The summed E-state index contributed by atoms with van der Waals surface area (Å²) in [5.41, 5.74) is 10.6. The van der Waals surface area contributed by atoms with Gasteiger partial charge in [0.25, 0.3) is 0 Å². The summed E-state index contributed by atoms with van der Waals surface area (Å²) in [6.45, 7) is 7.15. The first-order valence-electron chi connectivity index (χ1n) is 7.00. The van der Waals surface area contributed by atoms with E-state index < -0.39 is 11.9 Å². The fourth-order valence-electron chi connectivity index (χ4n) is 1.15. The van der Waals surface area contributed by atoms with E-state index in [1.807, 2.05) is 0 Å². The highest BCUT2D eigenvalue weighted by atomic mass is 16.4. The quantitative estimate of drug-likeness (QED) is 0.184. The second-order valence-electron chi connectivity index (χ2n) is 4.11. The third-order valence-electron chi connectivity index (χ3n) is 2.15. The summed E-state index contributed by atoms with van der Waals surface area (Å²) in [5, 5.41) is 25.5. The monoisotopic (exact) mass is 307 g/mol. The molecule has 9 heteroatoms. The lowest BCUT2D eigenvalue weighted by Crippen LogP contribution is -2.35. The van der Waals surface area contributed by atoms with Crippen LogP contribution in [0.15, 0.2) is 0 Å². The van der Waals surface area contributed by atoms with E-state index in [1.165, 1.54) is 0 Å². The molecule has 0 unspecified atom stereocenters. The predicted octanol–water partition coefficient (Wildman–Crippen LogP) is -2.39. The third-order valence-corrected chi connectivity index (χ3v) is 2.15.